The molecule has 2 saturated carbocycles. The minimum absolute atomic E-state index is 0.548. The van der Waals surface area contributed by atoms with E-state index >= 15 is 0 Å². The second-order valence-corrected chi connectivity index (χ2v) is 6.77. The molecule has 0 spiro atoms. The summed E-state index contributed by atoms with van der Waals surface area (Å²) in [6.07, 6.45) is 12.8. The summed E-state index contributed by atoms with van der Waals surface area (Å²) in [5, 5.41) is 3.69. The second-order valence-electron chi connectivity index (χ2n) is 6.77. The molecule has 2 aliphatic carbocycles. The van der Waals surface area contributed by atoms with Crippen LogP contribution < -0.4 is 5.32 Å². The van der Waals surface area contributed by atoms with Gasteiger partial charge in [0, 0.05) is 12.6 Å². The van der Waals surface area contributed by atoms with Gasteiger partial charge >= 0.3 is 0 Å². The van der Waals surface area contributed by atoms with Crippen LogP contribution in [-0.2, 0) is 4.74 Å². The van der Waals surface area contributed by atoms with Crippen molar-refractivity contribution in [2.75, 3.05) is 13.2 Å². The summed E-state index contributed by atoms with van der Waals surface area (Å²) in [6.45, 7) is 6.65. The summed E-state index contributed by atoms with van der Waals surface area (Å²) >= 11 is 0. The van der Waals surface area contributed by atoms with Gasteiger partial charge in [0.1, 0.15) is 0 Å². The fraction of sp³-hybridized carbons (Fsp3) is 1.00. The first kappa shape index (κ1) is 15.3. The van der Waals surface area contributed by atoms with Gasteiger partial charge in [0.2, 0.25) is 0 Å². The summed E-state index contributed by atoms with van der Waals surface area (Å²) in [4.78, 5) is 0. The second kappa shape index (κ2) is 8.26. The summed E-state index contributed by atoms with van der Waals surface area (Å²) < 4.78 is 6.14. The average molecular weight is 267 g/mol. The third kappa shape index (κ3) is 5.07. The van der Waals surface area contributed by atoms with Crippen LogP contribution in [0, 0.1) is 11.8 Å². The molecular weight excluding hydrogens is 234 g/mol. The molecule has 0 amide bonds. The lowest BCUT2D eigenvalue weighted by Gasteiger charge is -2.31. The lowest BCUT2D eigenvalue weighted by molar-refractivity contribution is -0.0112. The Balaban J connectivity index is 1.56. The number of rotatable bonds is 6. The van der Waals surface area contributed by atoms with Gasteiger partial charge in [-0.05, 0) is 50.4 Å². The SMILES string of the molecule is CCC1CCCCC1OCCNC1CCC(C)CC1. The predicted octanol–water partition coefficient (Wildman–Crippen LogP) is 4.14. The van der Waals surface area contributed by atoms with Crippen molar-refractivity contribution in [3.8, 4) is 0 Å². The summed E-state index contributed by atoms with van der Waals surface area (Å²) in [6, 6.07) is 0.758. The number of hydrogen-bond acceptors (Lipinski definition) is 2. The molecule has 2 fully saturated rings. The van der Waals surface area contributed by atoms with Crippen LogP contribution in [-0.4, -0.2) is 25.3 Å². The lowest BCUT2D eigenvalue weighted by Crippen LogP contribution is -2.36. The molecule has 0 bridgehead atoms. The van der Waals surface area contributed by atoms with Crippen molar-refractivity contribution in [1.82, 2.24) is 5.32 Å². The van der Waals surface area contributed by atoms with Crippen LogP contribution in [0.3, 0.4) is 0 Å². The molecule has 2 nitrogen and oxygen atoms in total. The van der Waals surface area contributed by atoms with Crippen LogP contribution in [0.15, 0.2) is 0 Å². The zero-order chi connectivity index (χ0) is 13.5. The van der Waals surface area contributed by atoms with Gasteiger partial charge in [-0.1, -0.05) is 33.1 Å². The van der Waals surface area contributed by atoms with Gasteiger partial charge in [0.05, 0.1) is 12.7 Å². The molecule has 2 heteroatoms. The molecule has 0 radical (unpaired) electrons. The Kier molecular flexibility index (Phi) is 6.66. The standard InChI is InChI=1S/C17H33NO/c1-3-15-6-4-5-7-17(15)19-13-12-18-16-10-8-14(2)9-11-16/h14-18H,3-13H2,1-2H3. The van der Waals surface area contributed by atoms with Crippen molar-refractivity contribution in [2.24, 2.45) is 11.8 Å². The first-order valence-electron chi connectivity index (χ1n) is 8.64. The minimum Gasteiger partial charge on any atom is -0.377 e. The van der Waals surface area contributed by atoms with E-state index in [0.29, 0.717) is 6.10 Å². The average Bonchev–Trinajstić information content (AvgIpc) is 2.46. The van der Waals surface area contributed by atoms with Gasteiger partial charge in [0.25, 0.3) is 0 Å². The van der Waals surface area contributed by atoms with E-state index < -0.39 is 0 Å². The largest absolute Gasteiger partial charge is 0.377 e. The molecule has 0 aromatic heterocycles. The number of nitrogens with one attached hydrogen (secondary N) is 1. The normalized spacial score (nSPS) is 36.3. The fourth-order valence-corrected chi connectivity index (χ4v) is 3.80. The molecule has 0 aromatic rings. The highest BCUT2D eigenvalue weighted by Gasteiger charge is 2.24. The van der Waals surface area contributed by atoms with Gasteiger partial charge in [-0.25, -0.2) is 0 Å². The number of ether oxygens (including phenoxy) is 1. The predicted molar refractivity (Wildman–Crippen MR) is 81.4 cm³/mol. The van der Waals surface area contributed by atoms with Gasteiger partial charge in [-0.2, -0.15) is 0 Å². The molecule has 0 aliphatic heterocycles. The van der Waals surface area contributed by atoms with Crippen molar-refractivity contribution in [2.45, 2.75) is 83.8 Å². The Morgan fingerprint density at radius 2 is 1.74 bits per heavy atom. The van der Waals surface area contributed by atoms with E-state index in [1.165, 1.54) is 57.8 Å². The Morgan fingerprint density at radius 3 is 2.47 bits per heavy atom. The molecular formula is C17H33NO. The summed E-state index contributed by atoms with van der Waals surface area (Å²) in [5.74, 6) is 1.77. The van der Waals surface area contributed by atoms with Crippen LogP contribution >= 0.6 is 0 Å². The Bertz CT molecular complexity index is 235. The Morgan fingerprint density at radius 1 is 1.00 bits per heavy atom. The third-order valence-corrected chi connectivity index (χ3v) is 5.25. The maximum absolute atomic E-state index is 6.14. The van der Waals surface area contributed by atoms with Crippen LogP contribution in [0.4, 0.5) is 0 Å². The van der Waals surface area contributed by atoms with E-state index in [1.807, 2.05) is 0 Å². The Labute approximate surface area is 119 Å². The molecule has 2 rings (SSSR count). The monoisotopic (exact) mass is 267 g/mol. The highest BCUT2D eigenvalue weighted by Crippen LogP contribution is 2.29. The lowest BCUT2D eigenvalue weighted by atomic mass is 9.85. The fourth-order valence-electron chi connectivity index (χ4n) is 3.80. The highest BCUT2D eigenvalue weighted by atomic mass is 16.5. The number of hydrogen-bond donors (Lipinski definition) is 1. The molecule has 2 aliphatic rings. The van der Waals surface area contributed by atoms with Crippen LogP contribution in [0.1, 0.15) is 71.6 Å². The molecule has 2 unspecified atom stereocenters. The Hall–Kier alpha value is -0.0800. The quantitative estimate of drug-likeness (QED) is 0.730. The summed E-state index contributed by atoms with van der Waals surface area (Å²) in [5.41, 5.74) is 0. The molecule has 19 heavy (non-hydrogen) atoms. The molecule has 0 aromatic carbocycles. The van der Waals surface area contributed by atoms with E-state index in [0.717, 1.165) is 31.0 Å². The third-order valence-electron chi connectivity index (χ3n) is 5.25. The molecule has 0 heterocycles. The van der Waals surface area contributed by atoms with Crippen molar-refractivity contribution < 1.29 is 4.74 Å². The van der Waals surface area contributed by atoms with Gasteiger partial charge in [-0.3, -0.25) is 0 Å². The zero-order valence-corrected chi connectivity index (χ0v) is 13.0. The van der Waals surface area contributed by atoms with Crippen molar-refractivity contribution in [1.29, 1.82) is 0 Å². The first-order chi connectivity index (χ1) is 9.29. The van der Waals surface area contributed by atoms with E-state index in [-0.39, 0.29) is 0 Å². The first-order valence-corrected chi connectivity index (χ1v) is 8.64. The van der Waals surface area contributed by atoms with Gasteiger partial charge in [-0.15, -0.1) is 0 Å². The maximum atomic E-state index is 6.14. The highest BCUT2D eigenvalue weighted by molar-refractivity contribution is 4.77. The zero-order valence-electron chi connectivity index (χ0n) is 13.0. The van der Waals surface area contributed by atoms with Crippen LogP contribution in [0.5, 0.6) is 0 Å². The molecule has 112 valence electrons. The van der Waals surface area contributed by atoms with Crippen molar-refractivity contribution >= 4 is 0 Å². The van der Waals surface area contributed by atoms with E-state index in [2.05, 4.69) is 19.2 Å². The van der Waals surface area contributed by atoms with Crippen LogP contribution in [0.2, 0.25) is 0 Å². The molecule has 0 saturated heterocycles. The molecule has 1 N–H and O–H groups in total. The summed E-state index contributed by atoms with van der Waals surface area (Å²) in [7, 11) is 0. The minimum atomic E-state index is 0.548. The molecule has 2 atom stereocenters. The van der Waals surface area contributed by atoms with E-state index in [4.69, 9.17) is 4.74 Å². The smallest absolute Gasteiger partial charge is 0.0603 e. The van der Waals surface area contributed by atoms with E-state index in [1.54, 1.807) is 0 Å². The van der Waals surface area contributed by atoms with Crippen molar-refractivity contribution in [3.63, 3.8) is 0 Å². The van der Waals surface area contributed by atoms with E-state index in [9.17, 15) is 0 Å². The maximum Gasteiger partial charge on any atom is 0.0603 e. The van der Waals surface area contributed by atoms with Crippen LogP contribution in [0.25, 0.3) is 0 Å². The van der Waals surface area contributed by atoms with Crippen molar-refractivity contribution in [3.05, 3.63) is 0 Å². The topological polar surface area (TPSA) is 21.3 Å². The van der Waals surface area contributed by atoms with Gasteiger partial charge in [0.15, 0.2) is 0 Å². The van der Waals surface area contributed by atoms with Gasteiger partial charge < -0.3 is 10.1 Å².